The highest BCUT2D eigenvalue weighted by Crippen LogP contribution is 2.38. The topological polar surface area (TPSA) is 31.6 Å². The maximum atomic E-state index is 5.56. The molecule has 0 aliphatic rings. The first kappa shape index (κ1) is 30.4. The van der Waals surface area contributed by atoms with Crippen LogP contribution in [0.15, 0.2) is 158 Å². The van der Waals surface area contributed by atoms with E-state index in [9.17, 15) is 0 Å². The Morgan fingerprint density at radius 3 is 1.62 bits per heavy atom. The standard InChI is InChI=1S/C47H38N5/c1-31-49(34-27-25-32(26-28-34)47(2,3)4)43-23-12-13-24-44(43)50(31)35-17-14-18-36(29-35)52-42-22-11-9-20-38(42)40-30-39-37-19-8-10-21-41(37)51(45(39)48-46(40)52)33-15-6-5-7-16-33/h5-30H,1-4H3/q+1. The van der Waals surface area contributed by atoms with Gasteiger partial charge in [-0.2, -0.15) is 9.13 Å². The lowest BCUT2D eigenvalue weighted by atomic mass is 9.87. The summed E-state index contributed by atoms with van der Waals surface area (Å²) < 4.78 is 9.38. The van der Waals surface area contributed by atoms with E-state index in [0.29, 0.717) is 0 Å². The summed E-state index contributed by atoms with van der Waals surface area (Å²) in [4.78, 5) is 5.56. The molecular weight excluding hydrogens is 635 g/mol. The van der Waals surface area contributed by atoms with Gasteiger partial charge in [0.15, 0.2) is 11.0 Å². The van der Waals surface area contributed by atoms with Crippen LogP contribution in [-0.2, 0) is 5.41 Å². The zero-order chi connectivity index (χ0) is 35.1. The van der Waals surface area contributed by atoms with Crippen LogP contribution in [-0.4, -0.2) is 18.7 Å². The van der Waals surface area contributed by atoms with Gasteiger partial charge in [0.1, 0.15) is 22.7 Å². The summed E-state index contributed by atoms with van der Waals surface area (Å²) in [5.41, 5.74) is 12.3. The van der Waals surface area contributed by atoms with Crippen LogP contribution in [0.25, 0.3) is 77.7 Å². The van der Waals surface area contributed by atoms with Crippen molar-refractivity contribution < 1.29 is 4.57 Å². The van der Waals surface area contributed by atoms with Gasteiger partial charge in [-0.15, -0.1) is 0 Å². The molecule has 0 spiro atoms. The van der Waals surface area contributed by atoms with Gasteiger partial charge in [-0.1, -0.05) is 106 Å². The van der Waals surface area contributed by atoms with E-state index >= 15 is 0 Å². The Bertz CT molecular complexity index is 2990. The fourth-order valence-electron chi connectivity index (χ4n) is 8.18. The number of rotatable bonds is 4. The maximum Gasteiger partial charge on any atom is 0.264 e. The van der Waals surface area contributed by atoms with Gasteiger partial charge in [0, 0.05) is 40.2 Å². The highest BCUT2D eigenvalue weighted by molar-refractivity contribution is 6.16. The molecule has 0 atom stereocenters. The van der Waals surface area contributed by atoms with Crippen LogP contribution < -0.4 is 4.57 Å². The van der Waals surface area contributed by atoms with Gasteiger partial charge in [0.05, 0.1) is 16.7 Å². The third-order valence-electron chi connectivity index (χ3n) is 10.6. The highest BCUT2D eigenvalue weighted by atomic mass is 15.2. The molecule has 10 aromatic rings. The minimum absolute atomic E-state index is 0.0955. The zero-order valence-corrected chi connectivity index (χ0v) is 29.7. The third-order valence-corrected chi connectivity index (χ3v) is 10.6. The summed E-state index contributed by atoms with van der Waals surface area (Å²) in [6.07, 6.45) is 0. The van der Waals surface area contributed by atoms with Crippen molar-refractivity contribution in [2.45, 2.75) is 33.1 Å². The van der Waals surface area contributed by atoms with Crippen LogP contribution in [0.2, 0.25) is 0 Å². The Hall–Kier alpha value is -6.46. The molecule has 0 N–H and O–H groups in total. The summed E-state index contributed by atoms with van der Waals surface area (Å²) >= 11 is 0. The van der Waals surface area contributed by atoms with Crippen LogP contribution in [0.3, 0.4) is 0 Å². The number of hydrogen-bond donors (Lipinski definition) is 0. The van der Waals surface area contributed by atoms with Crippen molar-refractivity contribution in [3.8, 4) is 22.7 Å². The van der Waals surface area contributed by atoms with Crippen molar-refractivity contribution in [2.24, 2.45) is 0 Å². The molecule has 0 aliphatic carbocycles. The van der Waals surface area contributed by atoms with Gasteiger partial charge in [-0.3, -0.25) is 9.13 Å². The van der Waals surface area contributed by atoms with Crippen LogP contribution >= 0.6 is 0 Å². The summed E-state index contributed by atoms with van der Waals surface area (Å²) in [6, 6.07) is 56.8. The van der Waals surface area contributed by atoms with E-state index in [1.165, 1.54) is 21.9 Å². The minimum atomic E-state index is 0.0955. The molecule has 0 saturated carbocycles. The first-order valence-electron chi connectivity index (χ1n) is 18.0. The van der Waals surface area contributed by atoms with E-state index in [4.69, 9.17) is 4.98 Å². The molecule has 4 aromatic heterocycles. The molecule has 0 unspecified atom stereocenters. The maximum absolute atomic E-state index is 5.56. The largest absolute Gasteiger partial charge is 0.294 e. The molecule has 0 aliphatic heterocycles. The predicted molar refractivity (Wildman–Crippen MR) is 215 cm³/mol. The normalized spacial score (nSPS) is 12.2. The fourth-order valence-corrected chi connectivity index (χ4v) is 8.18. The van der Waals surface area contributed by atoms with Crippen LogP contribution in [0.5, 0.6) is 0 Å². The predicted octanol–water partition coefficient (Wildman–Crippen LogP) is 11.1. The van der Waals surface area contributed by atoms with Gasteiger partial charge in [-0.25, -0.2) is 4.98 Å². The number of fused-ring (bicyclic) bond motifs is 7. The molecule has 250 valence electrons. The number of nitrogens with zero attached hydrogens (tertiary/aromatic N) is 5. The summed E-state index contributed by atoms with van der Waals surface area (Å²) in [5.74, 6) is 1.14. The van der Waals surface area contributed by atoms with Crippen LogP contribution in [0.4, 0.5) is 0 Å². The van der Waals surface area contributed by atoms with E-state index in [2.05, 4.69) is 204 Å². The molecule has 0 saturated heterocycles. The number of pyridine rings is 1. The van der Waals surface area contributed by atoms with Crippen molar-refractivity contribution in [1.29, 1.82) is 0 Å². The van der Waals surface area contributed by atoms with E-state index in [-0.39, 0.29) is 5.41 Å². The third kappa shape index (κ3) is 4.49. The number of para-hydroxylation sites is 5. The summed E-state index contributed by atoms with van der Waals surface area (Å²) in [6.45, 7) is 9.00. The van der Waals surface area contributed by atoms with E-state index in [1.54, 1.807) is 0 Å². The minimum Gasteiger partial charge on any atom is -0.294 e. The monoisotopic (exact) mass is 672 g/mol. The molecule has 5 heteroatoms. The van der Waals surface area contributed by atoms with E-state index in [1.807, 2.05) is 0 Å². The van der Waals surface area contributed by atoms with Crippen molar-refractivity contribution in [2.75, 3.05) is 0 Å². The van der Waals surface area contributed by atoms with Gasteiger partial charge in [0.2, 0.25) is 0 Å². The Morgan fingerprint density at radius 2 is 0.981 bits per heavy atom. The highest BCUT2D eigenvalue weighted by Gasteiger charge is 2.26. The first-order chi connectivity index (χ1) is 25.4. The van der Waals surface area contributed by atoms with Gasteiger partial charge in [-0.05, 0) is 77.7 Å². The second-order valence-corrected chi connectivity index (χ2v) is 14.8. The summed E-state index contributed by atoms with van der Waals surface area (Å²) in [5, 5.41) is 4.68. The number of imidazole rings is 1. The first-order valence-corrected chi connectivity index (χ1v) is 18.0. The second kappa shape index (κ2) is 11.3. The molecule has 0 amide bonds. The Balaban J connectivity index is 1.21. The molecule has 6 aromatic carbocycles. The molecule has 0 bridgehead atoms. The van der Waals surface area contributed by atoms with E-state index in [0.717, 1.165) is 67.2 Å². The lowest BCUT2D eigenvalue weighted by Crippen LogP contribution is -2.33. The SMILES string of the molecule is Cc1n(-c2cccc(-n3c4ccccc4c4cc5c6ccccc6n(-c6ccccc6)c5nc43)c2)c2ccccc2[n+]1-c1ccc(C(C)(C)C)cc1. The number of benzene rings is 6. The summed E-state index contributed by atoms with van der Waals surface area (Å²) in [7, 11) is 0. The van der Waals surface area contributed by atoms with Crippen molar-refractivity contribution in [1.82, 2.24) is 18.7 Å². The van der Waals surface area contributed by atoms with Gasteiger partial charge >= 0.3 is 0 Å². The molecule has 4 heterocycles. The molecular formula is C47H38N5+. The van der Waals surface area contributed by atoms with Crippen LogP contribution in [0.1, 0.15) is 32.2 Å². The average Bonchev–Trinajstić information content (AvgIpc) is 3.78. The van der Waals surface area contributed by atoms with Gasteiger partial charge in [0.25, 0.3) is 5.82 Å². The second-order valence-electron chi connectivity index (χ2n) is 14.8. The lowest BCUT2D eigenvalue weighted by molar-refractivity contribution is -0.575. The van der Waals surface area contributed by atoms with E-state index < -0.39 is 0 Å². The quantitative estimate of drug-likeness (QED) is 0.171. The Morgan fingerprint density at radius 1 is 0.462 bits per heavy atom. The molecule has 5 nitrogen and oxygen atoms in total. The van der Waals surface area contributed by atoms with Crippen molar-refractivity contribution >= 4 is 54.9 Å². The van der Waals surface area contributed by atoms with Gasteiger partial charge < -0.3 is 0 Å². The molecule has 0 radical (unpaired) electrons. The smallest absolute Gasteiger partial charge is 0.264 e. The number of hydrogen-bond acceptors (Lipinski definition) is 1. The molecule has 52 heavy (non-hydrogen) atoms. The number of aromatic nitrogens is 5. The zero-order valence-electron chi connectivity index (χ0n) is 29.7. The van der Waals surface area contributed by atoms with Crippen molar-refractivity contribution in [3.63, 3.8) is 0 Å². The molecule has 0 fully saturated rings. The Labute approximate surface area is 302 Å². The lowest BCUT2D eigenvalue weighted by Gasteiger charge is -2.18. The fraction of sp³-hybridized carbons (Fsp3) is 0.106. The Kier molecular flexibility index (Phi) is 6.58. The molecule has 10 rings (SSSR count). The van der Waals surface area contributed by atoms with Crippen molar-refractivity contribution in [3.05, 3.63) is 169 Å². The van der Waals surface area contributed by atoms with Crippen LogP contribution in [0, 0.1) is 6.92 Å². The average molecular weight is 673 g/mol.